The van der Waals surface area contributed by atoms with Gasteiger partial charge in [-0.15, -0.1) is 0 Å². The molecule has 0 aromatic heterocycles. The number of hydrogen-bond acceptors (Lipinski definition) is 2. The van der Waals surface area contributed by atoms with Gasteiger partial charge in [0.1, 0.15) is 5.75 Å². The highest BCUT2D eigenvalue weighted by atomic mass is 16.5. The molecule has 0 fully saturated rings. The maximum Gasteiger partial charge on any atom is 0.248 e. The summed E-state index contributed by atoms with van der Waals surface area (Å²) < 4.78 is 5.38. The Morgan fingerprint density at radius 2 is 1.86 bits per heavy atom. The summed E-state index contributed by atoms with van der Waals surface area (Å²) >= 11 is 0. The van der Waals surface area contributed by atoms with Gasteiger partial charge in [0.2, 0.25) is 5.91 Å². The first-order chi connectivity index (χ1) is 10.2. The standard InChI is InChI=1S/C18H19NO2/c1-3-21-16-11-8-15(9-12-16)10-13-18(20)19-17-7-5-4-6-14(17)2/h4-13H,3H2,1-2H3,(H,19,20). The molecule has 0 aliphatic rings. The molecule has 0 saturated heterocycles. The van der Waals surface area contributed by atoms with Gasteiger partial charge in [-0.2, -0.15) is 0 Å². The molecule has 2 aromatic rings. The second-order valence-electron chi connectivity index (χ2n) is 4.64. The average Bonchev–Trinajstić information content (AvgIpc) is 2.49. The van der Waals surface area contributed by atoms with Crippen molar-refractivity contribution in [2.45, 2.75) is 13.8 Å². The van der Waals surface area contributed by atoms with E-state index in [1.165, 1.54) is 6.08 Å². The van der Waals surface area contributed by atoms with Crippen molar-refractivity contribution in [2.75, 3.05) is 11.9 Å². The van der Waals surface area contributed by atoms with E-state index in [0.717, 1.165) is 22.6 Å². The zero-order chi connectivity index (χ0) is 15.1. The van der Waals surface area contributed by atoms with Crippen LogP contribution in [0.4, 0.5) is 5.69 Å². The number of rotatable bonds is 5. The second-order valence-corrected chi connectivity index (χ2v) is 4.64. The number of amides is 1. The molecule has 3 nitrogen and oxygen atoms in total. The molecular weight excluding hydrogens is 262 g/mol. The van der Waals surface area contributed by atoms with Gasteiger partial charge >= 0.3 is 0 Å². The Morgan fingerprint density at radius 1 is 1.14 bits per heavy atom. The molecule has 21 heavy (non-hydrogen) atoms. The number of ether oxygens (including phenoxy) is 1. The van der Waals surface area contributed by atoms with Gasteiger partial charge in [0.15, 0.2) is 0 Å². The molecule has 0 saturated carbocycles. The number of para-hydroxylation sites is 1. The third kappa shape index (κ3) is 4.49. The van der Waals surface area contributed by atoms with Gasteiger partial charge in [0.25, 0.3) is 0 Å². The topological polar surface area (TPSA) is 38.3 Å². The maximum atomic E-state index is 11.9. The zero-order valence-corrected chi connectivity index (χ0v) is 12.3. The van der Waals surface area contributed by atoms with Gasteiger partial charge in [-0.1, -0.05) is 30.3 Å². The first-order valence-corrected chi connectivity index (χ1v) is 6.96. The number of hydrogen-bond donors (Lipinski definition) is 1. The molecule has 0 radical (unpaired) electrons. The van der Waals surface area contributed by atoms with Crippen LogP contribution in [0.2, 0.25) is 0 Å². The van der Waals surface area contributed by atoms with Crippen molar-refractivity contribution in [1.82, 2.24) is 0 Å². The fourth-order valence-electron chi connectivity index (χ4n) is 1.90. The van der Waals surface area contributed by atoms with Crippen LogP contribution in [0.15, 0.2) is 54.6 Å². The van der Waals surface area contributed by atoms with Gasteiger partial charge in [-0.05, 0) is 49.2 Å². The summed E-state index contributed by atoms with van der Waals surface area (Å²) in [6.45, 7) is 4.56. The van der Waals surface area contributed by atoms with E-state index in [2.05, 4.69) is 5.32 Å². The molecule has 3 heteroatoms. The van der Waals surface area contributed by atoms with Gasteiger partial charge in [-0.3, -0.25) is 4.79 Å². The van der Waals surface area contributed by atoms with E-state index in [1.807, 2.05) is 62.4 Å². The lowest BCUT2D eigenvalue weighted by molar-refractivity contribution is -0.111. The van der Waals surface area contributed by atoms with E-state index < -0.39 is 0 Å². The van der Waals surface area contributed by atoms with Crippen LogP contribution in [0.5, 0.6) is 5.75 Å². The van der Waals surface area contributed by atoms with E-state index in [-0.39, 0.29) is 5.91 Å². The molecule has 2 rings (SSSR count). The molecule has 0 aliphatic carbocycles. The van der Waals surface area contributed by atoms with Crippen molar-refractivity contribution >= 4 is 17.7 Å². The largest absolute Gasteiger partial charge is 0.494 e. The molecule has 0 bridgehead atoms. The number of benzene rings is 2. The summed E-state index contributed by atoms with van der Waals surface area (Å²) in [4.78, 5) is 11.9. The van der Waals surface area contributed by atoms with Gasteiger partial charge in [-0.25, -0.2) is 0 Å². The van der Waals surface area contributed by atoms with Crippen LogP contribution in [0, 0.1) is 6.92 Å². The molecular formula is C18H19NO2. The summed E-state index contributed by atoms with van der Waals surface area (Å²) in [5.41, 5.74) is 2.83. The van der Waals surface area contributed by atoms with Crippen LogP contribution in [-0.4, -0.2) is 12.5 Å². The average molecular weight is 281 g/mol. The maximum absolute atomic E-state index is 11.9. The van der Waals surface area contributed by atoms with E-state index in [4.69, 9.17) is 4.74 Å². The lowest BCUT2D eigenvalue weighted by Crippen LogP contribution is -2.08. The number of carbonyl (C=O) groups is 1. The molecule has 108 valence electrons. The number of carbonyl (C=O) groups excluding carboxylic acids is 1. The predicted octanol–water partition coefficient (Wildman–Crippen LogP) is 4.05. The second kappa shape index (κ2) is 7.29. The van der Waals surface area contributed by atoms with Crippen LogP contribution < -0.4 is 10.1 Å². The van der Waals surface area contributed by atoms with Crippen LogP contribution >= 0.6 is 0 Å². The SMILES string of the molecule is CCOc1ccc(C=CC(=O)Nc2ccccc2C)cc1. The predicted molar refractivity (Wildman–Crippen MR) is 86.5 cm³/mol. The summed E-state index contributed by atoms with van der Waals surface area (Å²) in [7, 11) is 0. The molecule has 0 heterocycles. The molecule has 0 atom stereocenters. The molecule has 0 aliphatic heterocycles. The van der Waals surface area contributed by atoms with Crippen molar-refractivity contribution in [3.05, 3.63) is 65.7 Å². The quantitative estimate of drug-likeness (QED) is 0.840. The Hall–Kier alpha value is -2.55. The minimum atomic E-state index is -0.141. The zero-order valence-electron chi connectivity index (χ0n) is 12.3. The fourth-order valence-corrected chi connectivity index (χ4v) is 1.90. The fraction of sp³-hybridized carbons (Fsp3) is 0.167. The number of nitrogens with one attached hydrogen (secondary N) is 1. The Morgan fingerprint density at radius 3 is 2.52 bits per heavy atom. The van der Waals surface area contributed by atoms with Crippen LogP contribution in [-0.2, 0) is 4.79 Å². The Bertz CT molecular complexity index is 630. The molecule has 0 spiro atoms. The summed E-state index contributed by atoms with van der Waals surface area (Å²) in [6, 6.07) is 15.3. The summed E-state index contributed by atoms with van der Waals surface area (Å²) in [6.07, 6.45) is 3.31. The van der Waals surface area contributed by atoms with Gasteiger partial charge in [0, 0.05) is 11.8 Å². The molecule has 0 unspecified atom stereocenters. The number of aryl methyl sites for hydroxylation is 1. The van der Waals surface area contributed by atoms with E-state index in [1.54, 1.807) is 6.08 Å². The van der Waals surface area contributed by atoms with Crippen LogP contribution in [0.3, 0.4) is 0 Å². The summed E-state index contributed by atoms with van der Waals surface area (Å²) in [5, 5.41) is 2.86. The first-order valence-electron chi connectivity index (χ1n) is 6.96. The van der Waals surface area contributed by atoms with Crippen molar-refractivity contribution in [3.8, 4) is 5.75 Å². The van der Waals surface area contributed by atoms with Crippen molar-refractivity contribution in [1.29, 1.82) is 0 Å². The van der Waals surface area contributed by atoms with E-state index in [9.17, 15) is 4.79 Å². The minimum absolute atomic E-state index is 0.141. The Kier molecular flexibility index (Phi) is 5.16. The highest BCUT2D eigenvalue weighted by molar-refractivity contribution is 6.02. The van der Waals surface area contributed by atoms with Gasteiger partial charge < -0.3 is 10.1 Å². The Balaban J connectivity index is 1.97. The molecule has 2 aromatic carbocycles. The third-order valence-electron chi connectivity index (χ3n) is 3.02. The van der Waals surface area contributed by atoms with Crippen molar-refractivity contribution in [2.24, 2.45) is 0 Å². The minimum Gasteiger partial charge on any atom is -0.494 e. The highest BCUT2D eigenvalue weighted by Crippen LogP contribution is 2.14. The van der Waals surface area contributed by atoms with Gasteiger partial charge in [0.05, 0.1) is 6.61 Å². The normalized spacial score (nSPS) is 10.6. The molecule has 1 amide bonds. The smallest absolute Gasteiger partial charge is 0.248 e. The molecule has 1 N–H and O–H groups in total. The first kappa shape index (κ1) is 14.9. The lowest BCUT2D eigenvalue weighted by atomic mass is 10.2. The van der Waals surface area contributed by atoms with Crippen LogP contribution in [0.1, 0.15) is 18.1 Å². The van der Waals surface area contributed by atoms with E-state index in [0.29, 0.717) is 6.61 Å². The summed E-state index contributed by atoms with van der Waals surface area (Å²) in [5.74, 6) is 0.692. The lowest BCUT2D eigenvalue weighted by Gasteiger charge is -2.05. The third-order valence-corrected chi connectivity index (χ3v) is 3.02. The van der Waals surface area contributed by atoms with Crippen molar-refractivity contribution in [3.63, 3.8) is 0 Å². The Labute approximate surface area is 125 Å². The highest BCUT2D eigenvalue weighted by Gasteiger charge is 2.00. The van der Waals surface area contributed by atoms with Crippen LogP contribution in [0.25, 0.3) is 6.08 Å². The number of anilines is 1. The monoisotopic (exact) mass is 281 g/mol. The van der Waals surface area contributed by atoms with E-state index >= 15 is 0 Å². The van der Waals surface area contributed by atoms with Crippen molar-refractivity contribution < 1.29 is 9.53 Å².